The standard InChI is InChI=1S/C11H14N2O7S/c1-20-9-5-4-8(13(16)17)7-10(9)21(18,19)12-6-2-3-11(14)15/h4-5,7,12H,2-3,6H2,1H3,(H,14,15). The Hall–Kier alpha value is -2.20. The van der Waals surface area contributed by atoms with Crippen LogP contribution in [-0.4, -0.2) is 38.1 Å². The molecule has 0 heterocycles. The van der Waals surface area contributed by atoms with E-state index in [1.54, 1.807) is 0 Å². The first-order valence-electron chi connectivity index (χ1n) is 5.82. The third-order valence-corrected chi connectivity index (χ3v) is 3.99. The van der Waals surface area contributed by atoms with Crippen molar-refractivity contribution < 1.29 is 28.0 Å². The number of carbonyl (C=O) groups is 1. The van der Waals surface area contributed by atoms with Gasteiger partial charge in [-0.15, -0.1) is 0 Å². The molecule has 0 saturated carbocycles. The summed E-state index contributed by atoms with van der Waals surface area (Å²) in [5.74, 6) is -1.08. The molecule has 0 aliphatic rings. The number of nitro groups is 1. The van der Waals surface area contributed by atoms with Gasteiger partial charge in [0, 0.05) is 25.1 Å². The highest BCUT2D eigenvalue weighted by molar-refractivity contribution is 7.89. The predicted octanol–water partition coefficient (Wildman–Crippen LogP) is 0.746. The fraction of sp³-hybridized carbons (Fsp3) is 0.364. The first-order chi connectivity index (χ1) is 9.77. The molecule has 0 fully saturated rings. The van der Waals surface area contributed by atoms with Gasteiger partial charge >= 0.3 is 5.97 Å². The van der Waals surface area contributed by atoms with Crippen LogP contribution in [0.15, 0.2) is 23.1 Å². The van der Waals surface area contributed by atoms with E-state index in [9.17, 15) is 23.3 Å². The van der Waals surface area contributed by atoms with E-state index < -0.39 is 20.9 Å². The molecule has 0 spiro atoms. The normalized spacial score (nSPS) is 11.1. The van der Waals surface area contributed by atoms with Gasteiger partial charge in [-0.2, -0.15) is 0 Å². The number of sulfonamides is 1. The SMILES string of the molecule is COc1ccc([N+](=O)[O-])cc1S(=O)(=O)NCCCC(=O)O. The first kappa shape index (κ1) is 16.9. The number of hydrogen-bond acceptors (Lipinski definition) is 6. The lowest BCUT2D eigenvalue weighted by molar-refractivity contribution is -0.385. The zero-order chi connectivity index (χ0) is 16.0. The molecule has 0 saturated heterocycles. The number of benzene rings is 1. The summed E-state index contributed by atoms with van der Waals surface area (Å²) in [6.45, 7) is -0.0967. The quantitative estimate of drug-likeness (QED) is 0.410. The number of carboxylic acid groups (broad SMARTS) is 1. The van der Waals surface area contributed by atoms with Crippen molar-refractivity contribution >= 4 is 21.7 Å². The van der Waals surface area contributed by atoms with Crippen LogP contribution >= 0.6 is 0 Å². The lowest BCUT2D eigenvalue weighted by Crippen LogP contribution is -2.25. The summed E-state index contributed by atoms with van der Waals surface area (Å²) < 4.78 is 31.2. The third kappa shape index (κ3) is 4.68. The molecule has 0 radical (unpaired) electrons. The minimum Gasteiger partial charge on any atom is -0.495 e. The minimum atomic E-state index is -4.03. The van der Waals surface area contributed by atoms with E-state index in [-0.39, 0.29) is 35.7 Å². The van der Waals surface area contributed by atoms with Crippen molar-refractivity contribution in [1.82, 2.24) is 4.72 Å². The maximum Gasteiger partial charge on any atom is 0.303 e. The molecule has 1 aromatic rings. The Morgan fingerprint density at radius 3 is 2.67 bits per heavy atom. The third-order valence-electron chi connectivity index (χ3n) is 2.51. The smallest absolute Gasteiger partial charge is 0.303 e. The van der Waals surface area contributed by atoms with Crippen LogP contribution in [-0.2, 0) is 14.8 Å². The lowest BCUT2D eigenvalue weighted by atomic mass is 10.3. The van der Waals surface area contributed by atoms with Gasteiger partial charge in [-0.3, -0.25) is 14.9 Å². The Balaban J connectivity index is 2.97. The molecule has 0 atom stereocenters. The maximum atomic E-state index is 12.1. The van der Waals surface area contributed by atoms with Gasteiger partial charge in [0.1, 0.15) is 10.6 Å². The van der Waals surface area contributed by atoms with Crippen LogP contribution in [0.25, 0.3) is 0 Å². The highest BCUT2D eigenvalue weighted by atomic mass is 32.2. The summed E-state index contributed by atoms with van der Waals surface area (Å²) >= 11 is 0. The van der Waals surface area contributed by atoms with Crippen LogP contribution in [0.3, 0.4) is 0 Å². The Labute approximate surface area is 120 Å². The van der Waals surface area contributed by atoms with Gasteiger partial charge in [0.25, 0.3) is 5.69 Å². The van der Waals surface area contributed by atoms with E-state index in [0.29, 0.717) is 0 Å². The zero-order valence-electron chi connectivity index (χ0n) is 11.1. The van der Waals surface area contributed by atoms with Crippen LogP contribution < -0.4 is 9.46 Å². The number of nitrogens with zero attached hydrogens (tertiary/aromatic N) is 1. The fourth-order valence-corrected chi connectivity index (χ4v) is 2.77. The summed E-state index contributed by atoms with van der Waals surface area (Å²) in [6, 6.07) is 3.20. The van der Waals surface area contributed by atoms with Crippen molar-refractivity contribution in [1.29, 1.82) is 0 Å². The van der Waals surface area contributed by atoms with Gasteiger partial charge in [0.05, 0.1) is 12.0 Å². The summed E-state index contributed by atoms with van der Waals surface area (Å²) in [6.07, 6.45) is -0.0829. The van der Waals surface area contributed by atoms with E-state index in [4.69, 9.17) is 9.84 Å². The molecule has 1 rings (SSSR count). The Kier molecular flexibility index (Phi) is 5.61. The number of aliphatic carboxylic acids is 1. The number of hydrogen-bond donors (Lipinski definition) is 2. The first-order valence-corrected chi connectivity index (χ1v) is 7.30. The number of non-ortho nitro benzene ring substituents is 1. The average molecular weight is 318 g/mol. The molecule has 0 unspecified atom stereocenters. The van der Waals surface area contributed by atoms with Gasteiger partial charge in [-0.25, -0.2) is 13.1 Å². The second-order valence-electron chi connectivity index (χ2n) is 3.99. The van der Waals surface area contributed by atoms with E-state index in [1.807, 2.05) is 0 Å². The van der Waals surface area contributed by atoms with Crippen molar-refractivity contribution in [3.8, 4) is 5.75 Å². The number of nitrogens with one attached hydrogen (secondary N) is 1. The molecule has 0 amide bonds. The molecular formula is C11H14N2O7S. The van der Waals surface area contributed by atoms with Crippen molar-refractivity contribution in [2.75, 3.05) is 13.7 Å². The highest BCUT2D eigenvalue weighted by Crippen LogP contribution is 2.27. The Bertz CT molecular complexity index is 642. The monoisotopic (exact) mass is 318 g/mol. The van der Waals surface area contributed by atoms with Crippen molar-refractivity contribution in [3.63, 3.8) is 0 Å². The van der Waals surface area contributed by atoms with Crippen LogP contribution in [0.2, 0.25) is 0 Å². The van der Waals surface area contributed by atoms with E-state index in [0.717, 1.165) is 12.1 Å². The van der Waals surface area contributed by atoms with E-state index >= 15 is 0 Å². The molecule has 10 heteroatoms. The van der Waals surface area contributed by atoms with E-state index in [2.05, 4.69) is 4.72 Å². The topological polar surface area (TPSA) is 136 Å². The average Bonchev–Trinajstić information content (AvgIpc) is 2.42. The summed E-state index contributed by atoms with van der Waals surface area (Å²) in [5.41, 5.74) is -0.387. The fourth-order valence-electron chi connectivity index (χ4n) is 1.51. The highest BCUT2D eigenvalue weighted by Gasteiger charge is 2.22. The minimum absolute atomic E-state index is 0.0358. The lowest BCUT2D eigenvalue weighted by Gasteiger charge is -2.10. The predicted molar refractivity (Wildman–Crippen MR) is 71.7 cm³/mol. The largest absolute Gasteiger partial charge is 0.495 e. The van der Waals surface area contributed by atoms with Crippen LogP contribution in [0, 0.1) is 10.1 Å². The van der Waals surface area contributed by atoms with Gasteiger partial charge in [-0.05, 0) is 12.5 Å². The zero-order valence-corrected chi connectivity index (χ0v) is 11.9. The Morgan fingerprint density at radius 2 is 2.14 bits per heavy atom. The number of rotatable bonds is 8. The number of ether oxygens (including phenoxy) is 1. The van der Waals surface area contributed by atoms with Gasteiger partial charge in [0.2, 0.25) is 10.0 Å². The molecule has 2 N–H and O–H groups in total. The molecule has 21 heavy (non-hydrogen) atoms. The second-order valence-corrected chi connectivity index (χ2v) is 5.72. The van der Waals surface area contributed by atoms with Crippen molar-refractivity contribution in [2.24, 2.45) is 0 Å². The van der Waals surface area contributed by atoms with Crippen LogP contribution in [0.5, 0.6) is 5.75 Å². The van der Waals surface area contributed by atoms with E-state index in [1.165, 1.54) is 13.2 Å². The van der Waals surface area contributed by atoms with Crippen LogP contribution in [0.1, 0.15) is 12.8 Å². The Morgan fingerprint density at radius 1 is 1.48 bits per heavy atom. The molecule has 0 aromatic heterocycles. The number of nitro benzene ring substituents is 1. The van der Waals surface area contributed by atoms with Gasteiger partial charge in [-0.1, -0.05) is 0 Å². The van der Waals surface area contributed by atoms with Crippen LogP contribution in [0.4, 0.5) is 5.69 Å². The molecule has 9 nitrogen and oxygen atoms in total. The molecule has 1 aromatic carbocycles. The molecule has 0 aliphatic heterocycles. The summed E-state index contributed by atoms with van der Waals surface area (Å²) in [7, 11) is -2.79. The molecule has 116 valence electrons. The molecule has 0 aliphatic carbocycles. The van der Waals surface area contributed by atoms with Gasteiger partial charge in [0.15, 0.2) is 0 Å². The number of methoxy groups -OCH3 is 1. The summed E-state index contributed by atoms with van der Waals surface area (Å²) in [5, 5.41) is 19.2. The van der Waals surface area contributed by atoms with Gasteiger partial charge < -0.3 is 9.84 Å². The van der Waals surface area contributed by atoms with Crippen molar-refractivity contribution in [2.45, 2.75) is 17.7 Å². The second kappa shape index (κ2) is 6.99. The van der Waals surface area contributed by atoms with Crippen molar-refractivity contribution in [3.05, 3.63) is 28.3 Å². The maximum absolute atomic E-state index is 12.1. The molecule has 0 bridgehead atoms. The molecular weight excluding hydrogens is 304 g/mol. The number of carboxylic acids is 1. The summed E-state index contributed by atoms with van der Waals surface area (Å²) in [4.78, 5) is 20.0.